The van der Waals surface area contributed by atoms with Crippen molar-refractivity contribution in [2.24, 2.45) is 0 Å². The maximum Gasteiger partial charge on any atom is 0.237 e. The zero-order valence-corrected chi connectivity index (χ0v) is 9.66. The second-order valence-corrected chi connectivity index (χ2v) is 4.63. The van der Waals surface area contributed by atoms with E-state index in [1.165, 1.54) is 12.2 Å². The van der Waals surface area contributed by atoms with Crippen LogP contribution in [-0.2, 0) is 4.79 Å². The third kappa shape index (κ3) is 4.33. The van der Waals surface area contributed by atoms with Gasteiger partial charge in [-0.1, -0.05) is 0 Å². The predicted molar refractivity (Wildman–Crippen MR) is 61.7 cm³/mol. The lowest BCUT2D eigenvalue weighted by atomic mass is 10.2. The average molecular weight is 216 g/mol. The van der Waals surface area contributed by atoms with Crippen molar-refractivity contribution in [2.45, 2.75) is 31.7 Å². The van der Waals surface area contributed by atoms with Crippen molar-refractivity contribution in [3.63, 3.8) is 0 Å². The van der Waals surface area contributed by atoms with Crippen molar-refractivity contribution in [2.75, 3.05) is 25.1 Å². The molecule has 0 aromatic rings. The van der Waals surface area contributed by atoms with Gasteiger partial charge in [-0.15, -0.1) is 0 Å². The van der Waals surface area contributed by atoms with Gasteiger partial charge in [-0.2, -0.15) is 11.8 Å². The van der Waals surface area contributed by atoms with Gasteiger partial charge in [0.15, 0.2) is 0 Å². The molecule has 82 valence electrons. The highest BCUT2D eigenvalue weighted by atomic mass is 32.2. The zero-order chi connectivity index (χ0) is 10.2. The molecular weight excluding hydrogens is 196 g/mol. The number of unbranched alkanes of at least 4 members (excludes halogenated alkanes) is 1. The fourth-order valence-corrected chi connectivity index (χ4v) is 2.11. The lowest BCUT2D eigenvalue weighted by molar-refractivity contribution is -0.122. The van der Waals surface area contributed by atoms with Crippen molar-refractivity contribution < 1.29 is 4.79 Å². The maximum absolute atomic E-state index is 11.5. The number of hydrogen-bond donors (Lipinski definition) is 2. The first-order valence-corrected chi connectivity index (χ1v) is 6.74. The second kappa shape index (κ2) is 7.12. The second-order valence-electron chi connectivity index (χ2n) is 3.64. The minimum absolute atomic E-state index is 0.0792. The number of hydrogen-bond acceptors (Lipinski definition) is 3. The van der Waals surface area contributed by atoms with Gasteiger partial charge in [0.05, 0.1) is 6.04 Å². The lowest BCUT2D eigenvalue weighted by Crippen LogP contribution is -2.40. The molecule has 1 rings (SSSR count). The van der Waals surface area contributed by atoms with E-state index in [1.807, 2.05) is 11.8 Å². The zero-order valence-electron chi connectivity index (χ0n) is 8.84. The number of carbonyl (C=O) groups excluding carboxylic acids is 1. The summed E-state index contributed by atoms with van der Waals surface area (Å²) in [6.07, 6.45) is 6.53. The molecule has 0 aliphatic carbocycles. The number of carbonyl (C=O) groups is 1. The summed E-state index contributed by atoms with van der Waals surface area (Å²) in [5.41, 5.74) is 0. The van der Waals surface area contributed by atoms with Gasteiger partial charge in [-0.25, -0.2) is 0 Å². The first-order chi connectivity index (χ1) is 6.84. The lowest BCUT2D eigenvalue weighted by Gasteiger charge is -2.10. The van der Waals surface area contributed by atoms with E-state index in [2.05, 4.69) is 16.9 Å². The standard InChI is InChI=1S/C10H20N2OS/c1-14-8-3-2-6-12-10(13)9-5-4-7-11-9/h9,11H,2-8H2,1H3,(H,12,13)/t9-/m1/s1. The molecule has 0 bridgehead atoms. The normalized spacial score (nSPS) is 21.1. The van der Waals surface area contributed by atoms with Crippen molar-refractivity contribution >= 4 is 17.7 Å². The van der Waals surface area contributed by atoms with Crippen LogP contribution in [0.1, 0.15) is 25.7 Å². The first-order valence-electron chi connectivity index (χ1n) is 5.34. The van der Waals surface area contributed by atoms with Gasteiger partial charge in [0.25, 0.3) is 0 Å². The number of thioether (sulfide) groups is 1. The molecule has 0 radical (unpaired) electrons. The maximum atomic E-state index is 11.5. The van der Waals surface area contributed by atoms with Crippen LogP contribution in [0.15, 0.2) is 0 Å². The molecule has 3 nitrogen and oxygen atoms in total. The molecule has 0 aromatic carbocycles. The minimum Gasteiger partial charge on any atom is -0.355 e. The predicted octanol–water partition coefficient (Wildman–Crippen LogP) is 0.998. The molecule has 1 aliphatic heterocycles. The van der Waals surface area contributed by atoms with E-state index in [1.54, 1.807) is 0 Å². The smallest absolute Gasteiger partial charge is 0.237 e. The topological polar surface area (TPSA) is 41.1 Å². The average Bonchev–Trinajstić information content (AvgIpc) is 2.70. The van der Waals surface area contributed by atoms with E-state index >= 15 is 0 Å². The van der Waals surface area contributed by atoms with Crippen LogP contribution in [0.25, 0.3) is 0 Å². The molecule has 4 heteroatoms. The molecule has 0 aromatic heterocycles. The summed E-state index contributed by atoms with van der Waals surface area (Å²) in [4.78, 5) is 11.5. The molecule has 2 N–H and O–H groups in total. The number of amides is 1. The van der Waals surface area contributed by atoms with E-state index in [-0.39, 0.29) is 11.9 Å². The Hall–Kier alpha value is -0.220. The van der Waals surface area contributed by atoms with Crippen molar-refractivity contribution in [3.05, 3.63) is 0 Å². The van der Waals surface area contributed by atoms with Crippen LogP contribution in [0.3, 0.4) is 0 Å². The van der Waals surface area contributed by atoms with Gasteiger partial charge in [-0.05, 0) is 44.2 Å². The van der Waals surface area contributed by atoms with E-state index in [4.69, 9.17) is 0 Å². The van der Waals surface area contributed by atoms with E-state index in [9.17, 15) is 4.79 Å². The Balaban J connectivity index is 1.97. The molecule has 1 aliphatic rings. The minimum atomic E-state index is 0.0792. The van der Waals surface area contributed by atoms with Crippen LogP contribution < -0.4 is 10.6 Å². The Morgan fingerprint density at radius 3 is 3.07 bits per heavy atom. The summed E-state index contributed by atoms with van der Waals surface area (Å²) < 4.78 is 0. The molecule has 1 fully saturated rings. The Morgan fingerprint density at radius 1 is 1.57 bits per heavy atom. The fraction of sp³-hybridized carbons (Fsp3) is 0.900. The van der Waals surface area contributed by atoms with Crippen molar-refractivity contribution in [1.82, 2.24) is 10.6 Å². The SMILES string of the molecule is CSCCCCNC(=O)[C@H]1CCCN1. The molecule has 14 heavy (non-hydrogen) atoms. The summed E-state index contributed by atoms with van der Waals surface area (Å²) in [5, 5.41) is 6.17. The van der Waals surface area contributed by atoms with E-state index in [0.717, 1.165) is 32.4 Å². The largest absolute Gasteiger partial charge is 0.355 e. The van der Waals surface area contributed by atoms with Gasteiger partial charge < -0.3 is 10.6 Å². The highest BCUT2D eigenvalue weighted by molar-refractivity contribution is 7.98. The third-order valence-electron chi connectivity index (χ3n) is 2.45. The monoisotopic (exact) mass is 216 g/mol. The summed E-state index contributed by atoms with van der Waals surface area (Å²) in [5.74, 6) is 1.38. The molecule has 1 amide bonds. The van der Waals surface area contributed by atoms with Crippen LogP contribution in [0, 0.1) is 0 Å². The quantitative estimate of drug-likeness (QED) is 0.651. The summed E-state index contributed by atoms with van der Waals surface area (Å²) in [7, 11) is 0. The van der Waals surface area contributed by atoms with Crippen LogP contribution >= 0.6 is 11.8 Å². The summed E-state index contributed by atoms with van der Waals surface area (Å²) in [6.45, 7) is 1.82. The Morgan fingerprint density at radius 2 is 2.43 bits per heavy atom. The molecule has 1 atom stereocenters. The molecule has 0 spiro atoms. The van der Waals surface area contributed by atoms with E-state index in [0.29, 0.717) is 0 Å². The fourth-order valence-electron chi connectivity index (χ4n) is 1.61. The Labute approximate surface area is 90.4 Å². The molecular formula is C10H20N2OS. The summed E-state index contributed by atoms with van der Waals surface area (Å²) in [6, 6.07) is 0.0792. The Bertz CT molecular complexity index is 170. The summed E-state index contributed by atoms with van der Waals surface area (Å²) >= 11 is 1.86. The van der Waals surface area contributed by atoms with Gasteiger partial charge in [0.1, 0.15) is 0 Å². The molecule has 1 saturated heterocycles. The van der Waals surface area contributed by atoms with Crippen LogP contribution in [0.5, 0.6) is 0 Å². The first kappa shape index (κ1) is 11.9. The molecule has 1 heterocycles. The number of rotatable bonds is 6. The van der Waals surface area contributed by atoms with Gasteiger partial charge in [-0.3, -0.25) is 4.79 Å². The van der Waals surface area contributed by atoms with Gasteiger partial charge >= 0.3 is 0 Å². The van der Waals surface area contributed by atoms with Gasteiger partial charge in [0.2, 0.25) is 5.91 Å². The number of nitrogens with one attached hydrogen (secondary N) is 2. The molecule has 0 unspecified atom stereocenters. The highest BCUT2D eigenvalue weighted by Crippen LogP contribution is 2.04. The van der Waals surface area contributed by atoms with Crippen LogP contribution in [0.2, 0.25) is 0 Å². The third-order valence-corrected chi connectivity index (χ3v) is 3.15. The highest BCUT2D eigenvalue weighted by Gasteiger charge is 2.20. The van der Waals surface area contributed by atoms with E-state index < -0.39 is 0 Å². The molecule has 0 saturated carbocycles. The van der Waals surface area contributed by atoms with Crippen LogP contribution in [0.4, 0.5) is 0 Å². The van der Waals surface area contributed by atoms with Crippen LogP contribution in [-0.4, -0.2) is 37.0 Å². The van der Waals surface area contributed by atoms with Crippen molar-refractivity contribution in [1.29, 1.82) is 0 Å². The Kier molecular flexibility index (Phi) is 6.03. The van der Waals surface area contributed by atoms with Crippen molar-refractivity contribution in [3.8, 4) is 0 Å². The van der Waals surface area contributed by atoms with Gasteiger partial charge in [0, 0.05) is 6.54 Å².